The van der Waals surface area contributed by atoms with Gasteiger partial charge in [-0.3, -0.25) is 4.98 Å². The van der Waals surface area contributed by atoms with Crippen LogP contribution in [0.1, 0.15) is 27.7 Å². The van der Waals surface area contributed by atoms with E-state index in [1.807, 2.05) is 0 Å². The van der Waals surface area contributed by atoms with E-state index < -0.39 is 18.3 Å². The molecule has 6 nitrogen and oxygen atoms in total. The van der Waals surface area contributed by atoms with Gasteiger partial charge >= 0.3 is 7.12 Å². The first-order valence-corrected chi connectivity index (χ1v) is 6.36. The van der Waals surface area contributed by atoms with Crippen molar-refractivity contribution in [1.82, 2.24) is 15.0 Å². The molecule has 2 N–H and O–H groups in total. The second-order valence-electron chi connectivity index (χ2n) is 5.71. The predicted molar refractivity (Wildman–Crippen MR) is 76.4 cm³/mol. The molecule has 0 fully saturated rings. The largest absolute Gasteiger partial charge is 0.493 e. The standard InChI is InChI=1S/C13H18BN3O3/c1-12(2,18)13(3,4)20-14(19)9-7-10-11(17-8-9)16-6-5-15-10/h5-8,18-19H,1-4H3. The van der Waals surface area contributed by atoms with Gasteiger partial charge in [0.05, 0.1) is 11.2 Å². The molecule has 0 saturated carbocycles. The highest BCUT2D eigenvalue weighted by Gasteiger charge is 2.39. The van der Waals surface area contributed by atoms with Crippen molar-refractivity contribution < 1.29 is 14.8 Å². The van der Waals surface area contributed by atoms with Crippen LogP contribution in [0.2, 0.25) is 0 Å². The normalized spacial score (nSPS) is 12.7. The zero-order valence-corrected chi connectivity index (χ0v) is 12.0. The zero-order valence-electron chi connectivity index (χ0n) is 12.0. The summed E-state index contributed by atoms with van der Waals surface area (Å²) in [7, 11) is -1.20. The fourth-order valence-electron chi connectivity index (χ4n) is 1.50. The van der Waals surface area contributed by atoms with Crippen LogP contribution in [0.4, 0.5) is 0 Å². The topological polar surface area (TPSA) is 88.4 Å². The molecule has 0 bridgehead atoms. The second-order valence-corrected chi connectivity index (χ2v) is 5.71. The van der Waals surface area contributed by atoms with E-state index in [-0.39, 0.29) is 0 Å². The van der Waals surface area contributed by atoms with Gasteiger partial charge in [0.2, 0.25) is 0 Å². The first kappa shape index (κ1) is 14.8. The van der Waals surface area contributed by atoms with E-state index >= 15 is 0 Å². The molecule has 0 aliphatic heterocycles. The van der Waals surface area contributed by atoms with Gasteiger partial charge in [0.25, 0.3) is 0 Å². The Bertz CT molecular complexity index is 613. The maximum Gasteiger partial charge on any atom is 0.493 e. The van der Waals surface area contributed by atoms with Crippen LogP contribution in [0.25, 0.3) is 11.2 Å². The molecule has 20 heavy (non-hydrogen) atoms. The first-order chi connectivity index (χ1) is 9.21. The van der Waals surface area contributed by atoms with Crippen molar-refractivity contribution >= 4 is 23.7 Å². The molecule has 2 rings (SSSR count). The molecule has 0 radical (unpaired) electrons. The average Bonchev–Trinajstić information content (AvgIpc) is 2.36. The molecule has 0 amide bonds. The Hall–Kier alpha value is -1.57. The summed E-state index contributed by atoms with van der Waals surface area (Å²) in [5.74, 6) is 0. The van der Waals surface area contributed by atoms with Gasteiger partial charge in [0, 0.05) is 24.1 Å². The number of nitrogens with zero attached hydrogens (tertiary/aromatic N) is 3. The van der Waals surface area contributed by atoms with Gasteiger partial charge in [-0.25, -0.2) is 9.97 Å². The van der Waals surface area contributed by atoms with Gasteiger partial charge in [-0.1, -0.05) is 0 Å². The van der Waals surface area contributed by atoms with Crippen LogP contribution >= 0.6 is 0 Å². The smallest absolute Gasteiger partial charge is 0.423 e. The quantitative estimate of drug-likeness (QED) is 0.779. The van der Waals surface area contributed by atoms with Gasteiger partial charge in [-0.15, -0.1) is 0 Å². The molecule has 0 atom stereocenters. The van der Waals surface area contributed by atoms with Gasteiger partial charge in [0.15, 0.2) is 5.65 Å². The van der Waals surface area contributed by atoms with Gasteiger partial charge in [-0.2, -0.15) is 0 Å². The summed E-state index contributed by atoms with van der Waals surface area (Å²) in [5, 5.41) is 20.2. The van der Waals surface area contributed by atoms with E-state index in [4.69, 9.17) is 4.65 Å². The first-order valence-electron chi connectivity index (χ1n) is 6.36. The Morgan fingerprint density at radius 2 is 1.75 bits per heavy atom. The molecule has 0 aromatic carbocycles. The van der Waals surface area contributed by atoms with Crippen LogP contribution in [-0.2, 0) is 4.65 Å². The third kappa shape index (κ3) is 2.95. The van der Waals surface area contributed by atoms with Crippen molar-refractivity contribution in [2.24, 2.45) is 0 Å². The number of hydrogen-bond acceptors (Lipinski definition) is 6. The lowest BCUT2D eigenvalue weighted by atomic mass is 9.77. The van der Waals surface area contributed by atoms with Gasteiger partial charge < -0.3 is 14.8 Å². The highest BCUT2D eigenvalue weighted by atomic mass is 16.5. The number of pyridine rings is 1. The molecule has 2 heterocycles. The summed E-state index contributed by atoms with van der Waals surface area (Å²) in [6.45, 7) is 6.68. The van der Waals surface area contributed by atoms with Crippen molar-refractivity contribution in [3.63, 3.8) is 0 Å². The van der Waals surface area contributed by atoms with Crippen molar-refractivity contribution in [2.45, 2.75) is 38.9 Å². The lowest BCUT2D eigenvalue weighted by Gasteiger charge is -2.38. The van der Waals surface area contributed by atoms with Crippen molar-refractivity contribution in [1.29, 1.82) is 0 Å². The minimum Gasteiger partial charge on any atom is -0.423 e. The summed E-state index contributed by atoms with van der Waals surface area (Å²) < 4.78 is 5.55. The number of hydrogen-bond donors (Lipinski definition) is 2. The number of aromatic nitrogens is 3. The minimum atomic E-state index is -1.20. The van der Waals surface area contributed by atoms with Crippen molar-refractivity contribution in [3.8, 4) is 0 Å². The monoisotopic (exact) mass is 275 g/mol. The Morgan fingerprint density at radius 3 is 2.40 bits per heavy atom. The molecule has 0 spiro atoms. The predicted octanol–water partition coefficient (Wildman–Crippen LogP) is 0.278. The van der Waals surface area contributed by atoms with Gasteiger partial charge in [0.1, 0.15) is 5.52 Å². The summed E-state index contributed by atoms with van der Waals surface area (Å²) in [5.41, 5.74) is -0.476. The Morgan fingerprint density at radius 1 is 1.10 bits per heavy atom. The van der Waals surface area contributed by atoms with E-state index in [1.165, 1.54) is 6.20 Å². The summed E-state index contributed by atoms with van der Waals surface area (Å²) in [6, 6.07) is 1.67. The molecule has 2 aromatic rings. The Balaban J connectivity index is 2.25. The van der Waals surface area contributed by atoms with Crippen LogP contribution in [0.5, 0.6) is 0 Å². The second kappa shape index (κ2) is 5.08. The lowest BCUT2D eigenvalue weighted by Crippen LogP contribution is -2.53. The maximum atomic E-state index is 10.2. The molecule has 0 unspecified atom stereocenters. The molecule has 0 aliphatic carbocycles. The third-order valence-electron chi connectivity index (χ3n) is 3.51. The molecule has 7 heteroatoms. The number of aliphatic hydroxyl groups is 1. The minimum absolute atomic E-state index is 0.468. The van der Waals surface area contributed by atoms with Crippen LogP contribution in [0.3, 0.4) is 0 Å². The van der Waals surface area contributed by atoms with E-state index in [2.05, 4.69) is 15.0 Å². The van der Waals surface area contributed by atoms with Crippen molar-refractivity contribution in [2.75, 3.05) is 0 Å². The molecule has 0 aliphatic rings. The van der Waals surface area contributed by atoms with E-state index in [9.17, 15) is 10.1 Å². The van der Waals surface area contributed by atoms with Crippen LogP contribution in [-0.4, -0.2) is 43.4 Å². The SMILES string of the molecule is CC(C)(O)C(C)(C)OB(O)c1cnc2nccnc2c1. The number of fused-ring (bicyclic) bond motifs is 1. The molecule has 106 valence electrons. The highest BCUT2D eigenvalue weighted by molar-refractivity contribution is 6.60. The summed E-state index contributed by atoms with van der Waals surface area (Å²) >= 11 is 0. The third-order valence-corrected chi connectivity index (χ3v) is 3.51. The lowest BCUT2D eigenvalue weighted by molar-refractivity contribution is -0.0982. The average molecular weight is 275 g/mol. The Kier molecular flexibility index (Phi) is 3.77. The van der Waals surface area contributed by atoms with Crippen molar-refractivity contribution in [3.05, 3.63) is 24.7 Å². The molecule has 2 aromatic heterocycles. The van der Waals surface area contributed by atoms with E-state index in [1.54, 1.807) is 46.2 Å². The summed E-state index contributed by atoms with van der Waals surface area (Å²) in [4.78, 5) is 12.3. The Labute approximate surface area is 118 Å². The maximum absolute atomic E-state index is 10.2. The molecular weight excluding hydrogens is 257 g/mol. The highest BCUT2D eigenvalue weighted by Crippen LogP contribution is 2.25. The number of rotatable bonds is 4. The van der Waals surface area contributed by atoms with Crippen LogP contribution < -0.4 is 5.46 Å². The fraction of sp³-hybridized carbons (Fsp3) is 0.462. The van der Waals surface area contributed by atoms with Gasteiger partial charge in [-0.05, 0) is 33.8 Å². The van der Waals surface area contributed by atoms with Crippen LogP contribution in [0.15, 0.2) is 24.7 Å². The molecule has 0 saturated heterocycles. The van der Waals surface area contributed by atoms with E-state index in [0.29, 0.717) is 16.6 Å². The van der Waals surface area contributed by atoms with Crippen LogP contribution in [0, 0.1) is 0 Å². The fourth-order valence-corrected chi connectivity index (χ4v) is 1.50. The van der Waals surface area contributed by atoms with E-state index in [0.717, 1.165) is 0 Å². The zero-order chi connectivity index (χ0) is 15.0. The molecular formula is C13H18BN3O3. The summed E-state index contributed by atoms with van der Waals surface area (Å²) in [6.07, 6.45) is 4.60.